The highest BCUT2D eigenvalue weighted by Crippen LogP contribution is 2.31. The third kappa shape index (κ3) is 3.86. The number of hydrogen-bond donors (Lipinski definition) is 0. The summed E-state index contributed by atoms with van der Waals surface area (Å²) in [4.78, 5) is 3.62. The van der Waals surface area contributed by atoms with Gasteiger partial charge in [-0.05, 0) is 24.3 Å². The third-order valence-corrected chi connectivity index (χ3v) is 3.72. The van der Waals surface area contributed by atoms with Gasteiger partial charge in [-0.1, -0.05) is 11.6 Å². The molecule has 0 aromatic carbocycles. The fourth-order valence-corrected chi connectivity index (χ4v) is 2.24. The van der Waals surface area contributed by atoms with Crippen molar-refractivity contribution >= 4 is 33.8 Å². The van der Waals surface area contributed by atoms with Gasteiger partial charge in [-0.3, -0.25) is 4.98 Å². The van der Waals surface area contributed by atoms with Crippen molar-refractivity contribution in [2.45, 2.75) is 6.18 Å². The third-order valence-electron chi connectivity index (χ3n) is 2.54. The molecule has 2 rings (SSSR count). The first-order valence-corrected chi connectivity index (χ1v) is 7.97. The number of rotatable bonds is 3. The Balaban J connectivity index is 2.26. The summed E-state index contributed by atoms with van der Waals surface area (Å²) in [5.74, 6) is 0. The van der Waals surface area contributed by atoms with Gasteiger partial charge >= 0.3 is 6.18 Å². The largest absolute Gasteiger partial charge is 0.417 e. The van der Waals surface area contributed by atoms with E-state index in [0.717, 1.165) is 16.4 Å². The van der Waals surface area contributed by atoms with E-state index in [1.165, 1.54) is 24.4 Å². The first-order valence-electron chi connectivity index (χ1n) is 5.74. The average Bonchev–Trinajstić information content (AvgIpc) is 2.84. The molecule has 5 nitrogen and oxygen atoms in total. The molecular weight excluding hydrogens is 343 g/mol. The Morgan fingerprint density at radius 2 is 2.00 bits per heavy atom. The van der Waals surface area contributed by atoms with Gasteiger partial charge < -0.3 is 0 Å². The van der Waals surface area contributed by atoms with Crippen LogP contribution in [0.3, 0.4) is 0 Å². The van der Waals surface area contributed by atoms with Crippen molar-refractivity contribution < 1.29 is 21.6 Å². The summed E-state index contributed by atoms with van der Waals surface area (Å²) in [7, 11) is -3.49. The van der Waals surface area contributed by atoms with Gasteiger partial charge in [-0.2, -0.15) is 22.4 Å². The highest BCUT2D eigenvalue weighted by molar-refractivity contribution is 7.89. The molecule has 0 fully saturated rings. The fourth-order valence-electron chi connectivity index (χ4n) is 1.48. The predicted molar refractivity (Wildman–Crippen MR) is 75.6 cm³/mol. The number of aromatic nitrogens is 3. The second-order valence-electron chi connectivity index (χ2n) is 4.30. The average molecular weight is 352 g/mol. The summed E-state index contributed by atoms with van der Waals surface area (Å²) in [6.45, 7) is 0. The van der Waals surface area contributed by atoms with Crippen LogP contribution in [-0.2, 0) is 16.2 Å². The Morgan fingerprint density at radius 1 is 1.32 bits per heavy atom. The number of hydrogen-bond acceptors (Lipinski definition) is 4. The van der Waals surface area contributed by atoms with Crippen LogP contribution in [0, 0.1) is 0 Å². The Morgan fingerprint density at radius 3 is 2.50 bits per heavy atom. The van der Waals surface area contributed by atoms with Crippen molar-refractivity contribution in [1.82, 2.24) is 14.2 Å². The molecule has 0 amide bonds. The Bertz CT molecular complexity index is 828. The molecule has 0 bridgehead atoms. The van der Waals surface area contributed by atoms with Crippen molar-refractivity contribution in [1.29, 1.82) is 0 Å². The zero-order valence-corrected chi connectivity index (χ0v) is 12.6. The molecule has 0 saturated carbocycles. The van der Waals surface area contributed by atoms with Gasteiger partial charge in [0.25, 0.3) is 10.0 Å². The molecule has 0 radical (unpaired) electrons. The van der Waals surface area contributed by atoms with E-state index in [1.807, 2.05) is 0 Å². The van der Waals surface area contributed by atoms with E-state index in [9.17, 15) is 21.6 Å². The van der Waals surface area contributed by atoms with Crippen molar-refractivity contribution in [3.8, 4) is 0 Å². The Labute approximate surface area is 129 Å². The van der Waals surface area contributed by atoms with Crippen LogP contribution < -0.4 is 0 Å². The zero-order valence-electron chi connectivity index (χ0n) is 11.0. The van der Waals surface area contributed by atoms with Crippen molar-refractivity contribution in [2.24, 2.45) is 0 Å². The molecular formula is C12H9ClF3N3O2S. The van der Waals surface area contributed by atoms with Gasteiger partial charge in [0, 0.05) is 12.4 Å². The summed E-state index contributed by atoms with van der Waals surface area (Å²) in [6.07, 6.45) is 1.12. The molecule has 0 aliphatic heterocycles. The van der Waals surface area contributed by atoms with E-state index in [2.05, 4.69) is 10.1 Å². The normalized spacial score (nSPS) is 13.0. The summed E-state index contributed by atoms with van der Waals surface area (Å²) in [5, 5.41) is 3.60. The topological polar surface area (TPSA) is 64.8 Å². The lowest BCUT2D eigenvalue weighted by molar-refractivity contribution is -0.137. The monoisotopic (exact) mass is 351 g/mol. The SMILES string of the molecule is CS(=O)(=O)n1ccc(/C=C/c2ncc(C(F)(F)F)cc2Cl)n1. The first-order chi connectivity index (χ1) is 10.1. The lowest BCUT2D eigenvalue weighted by Crippen LogP contribution is -2.10. The molecule has 2 aromatic rings. The molecule has 0 unspecified atom stereocenters. The highest BCUT2D eigenvalue weighted by Gasteiger charge is 2.31. The van der Waals surface area contributed by atoms with E-state index in [-0.39, 0.29) is 10.7 Å². The number of alkyl halides is 3. The van der Waals surface area contributed by atoms with Gasteiger partial charge in [0.05, 0.1) is 28.2 Å². The number of halogens is 4. The van der Waals surface area contributed by atoms with Crippen molar-refractivity contribution in [3.05, 3.63) is 46.5 Å². The van der Waals surface area contributed by atoms with Gasteiger partial charge in [0.15, 0.2) is 0 Å². The van der Waals surface area contributed by atoms with E-state index in [4.69, 9.17) is 11.6 Å². The van der Waals surface area contributed by atoms with E-state index in [1.54, 1.807) is 0 Å². The van der Waals surface area contributed by atoms with Crippen LogP contribution in [-0.4, -0.2) is 28.8 Å². The number of nitrogens with zero attached hydrogens (tertiary/aromatic N) is 3. The highest BCUT2D eigenvalue weighted by atomic mass is 35.5. The Kier molecular flexibility index (Phi) is 4.30. The second kappa shape index (κ2) is 5.73. The maximum Gasteiger partial charge on any atom is 0.417 e. The summed E-state index contributed by atoms with van der Waals surface area (Å²) < 4.78 is 60.7. The van der Waals surface area contributed by atoms with Gasteiger partial charge in [0.1, 0.15) is 0 Å². The molecule has 0 spiro atoms. The van der Waals surface area contributed by atoms with Crippen LogP contribution in [0.4, 0.5) is 13.2 Å². The summed E-state index contributed by atoms with van der Waals surface area (Å²) in [6, 6.07) is 2.19. The summed E-state index contributed by atoms with van der Waals surface area (Å²) >= 11 is 5.74. The minimum Gasteiger partial charge on any atom is -0.255 e. The summed E-state index contributed by atoms with van der Waals surface area (Å²) in [5.41, 5.74) is -0.539. The van der Waals surface area contributed by atoms with Gasteiger partial charge in [-0.25, -0.2) is 8.42 Å². The fraction of sp³-hybridized carbons (Fsp3) is 0.167. The standard InChI is InChI=1S/C12H9ClF3N3O2S/c1-22(20,21)19-5-4-9(18-19)2-3-11-10(13)6-8(7-17-11)12(14,15)16/h2-7H,1H3/b3-2+. The molecule has 10 heteroatoms. The minimum absolute atomic E-state index is 0.114. The van der Waals surface area contributed by atoms with Crippen molar-refractivity contribution in [2.75, 3.05) is 6.26 Å². The maximum atomic E-state index is 12.5. The van der Waals surface area contributed by atoms with Crippen LogP contribution in [0.1, 0.15) is 17.0 Å². The maximum absolute atomic E-state index is 12.5. The van der Waals surface area contributed by atoms with Crippen LogP contribution in [0.5, 0.6) is 0 Å². The van der Waals surface area contributed by atoms with Crippen LogP contribution in [0.25, 0.3) is 12.2 Å². The first kappa shape index (κ1) is 16.5. The van der Waals surface area contributed by atoms with Crippen LogP contribution in [0.15, 0.2) is 24.5 Å². The molecule has 2 aromatic heterocycles. The van der Waals surface area contributed by atoms with E-state index >= 15 is 0 Å². The minimum atomic E-state index is -4.52. The second-order valence-corrected chi connectivity index (χ2v) is 6.55. The molecule has 0 aliphatic carbocycles. The molecule has 22 heavy (non-hydrogen) atoms. The van der Waals surface area contributed by atoms with Crippen LogP contribution in [0.2, 0.25) is 5.02 Å². The molecule has 0 saturated heterocycles. The predicted octanol–water partition coefficient (Wildman–Crippen LogP) is 2.93. The van der Waals surface area contributed by atoms with Gasteiger partial charge in [0.2, 0.25) is 0 Å². The lowest BCUT2D eigenvalue weighted by Gasteiger charge is -2.07. The number of pyridine rings is 1. The molecule has 2 heterocycles. The van der Waals surface area contributed by atoms with E-state index < -0.39 is 21.8 Å². The van der Waals surface area contributed by atoms with Crippen molar-refractivity contribution in [3.63, 3.8) is 0 Å². The smallest absolute Gasteiger partial charge is 0.255 e. The molecule has 0 aliphatic rings. The molecule has 0 atom stereocenters. The zero-order chi connectivity index (χ0) is 16.5. The lowest BCUT2D eigenvalue weighted by atomic mass is 10.2. The van der Waals surface area contributed by atoms with E-state index in [0.29, 0.717) is 11.9 Å². The molecule has 0 N–H and O–H groups in total. The van der Waals surface area contributed by atoms with Gasteiger partial charge in [-0.15, -0.1) is 0 Å². The molecule has 118 valence electrons. The Hall–Kier alpha value is -1.87. The van der Waals surface area contributed by atoms with Crippen LogP contribution >= 0.6 is 11.6 Å². The quantitative estimate of drug-likeness (QED) is 0.853.